The molecule has 124 valence electrons. The van der Waals surface area contributed by atoms with Crippen molar-refractivity contribution in [2.24, 2.45) is 11.8 Å². The van der Waals surface area contributed by atoms with Gasteiger partial charge in [0.2, 0.25) is 11.8 Å². The lowest BCUT2D eigenvalue weighted by molar-refractivity contribution is -0.127. The largest absolute Gasteiger partial charge is 0.450 e. The number of alkyl carbamates (subject to hydrolysis) is 1. The second-order valence-corrected chi connectivity index (χ2v) is 6.99. The zero-order valence-electron chi connectivity index (χ0n) is 12.9. The maximum Gasteiger partial charge on any atom is 0.413 e. The van der Waals surface area contributed by atoms with Gasteiger partial charge in [-0.3, -0.25) is 14.9 Å². The summed E-state index contributed by atoms with van der Waals surface area (Å²) in [5.74, 6) is 0.187. The summed E-state index contributed by atoms with van der Waals surface area (Å²) in [4.78, 5) is 35.8. The smallest absolute Gasteiger partial charge is 0.413 e. The van der Waals surface area contributed by atoms with Gasteiger partial charge < -0.3 is 10.1 Å². The first-order valence-corrected chi connectivity index (χ1v) is 9.06. The molecule has 2 rings (SSSR count). The molecule has 2 fully saturated rings. The average Bonchev–Trinajstić information content (AvgIpc) is 2.96. The predicted octanol–water partition coefficient (Wildman–Crippen LogP) is 2.03. The van der Waals surface area contributed by atoms with Gasteiger partial charge in [-0.05, 0) is 31.9 Å². The molecule has 22 heavy (non-hydrogen) atoms. The van der Waals surface area contributed by atoms with Gasteiger partial charge in [-0.15, -0.1) is 11.8 Å². The van der Waals surface area contributed by atoms with Crippen LogP contribution in [0.15, 0.2) is 0 Å². The van der Waals surface area contributed by atoms with Gasteiger partial charge in [-0.2, -0.15) is 0 Å². The first-order chi connectivity index (χ1) is 10.6. The van der Waals surface area contributed by atoms with Crippen molar-refractivity contribution < 1.29 is 19.1 Å². The molecule has 0 aromatic heterocycles. The van der Waals surface area contributed by atoms with Gasteiger partial charge in [-0.25, -0.2) is 4.79 Å². The van der Waals surface area contributed by atoms with Crippen LogP contribution in [0.5, 0.6) is 0 Å². The standard InChI is InChI=1S/C15H24N2O4S/c1-2-21-15(20)17-13(19)11-8-9-22-14(11)16-12(18)10-6-4-3-5-7-10/h10-11,14H,2-9H2,1H3,(H,16,18)(H,17,19,20). The molecule has 1 saturated heterocycles. The second kappa shape index (κ2) is 8.41. The van der Waals surface area contributed by atoms with Gasteiger partial charge in [-0.1, -0.05) is 19.3 Å². The molecule has 1 aliphatic heterocycles. The minimum atomic E-state index is -0.721. The molecule has 0 spiro atoms. The Morgan fingerprint density at radius 2 is 1.82 bits per heavy atom. The molecule has 1 heterocycles. The zero-order valence-corrected chi connectivity index (χ0v) is 13.7. The van der Waals surface area contributed by atoms with Gasteiger partial charge in [0.05, 0.1) is 17.9 Å². The van der Waals surface area contributed by atoms with Crippen LogP contribution < -0.4 is 10.6 Å². The van der Waals surface area contributed by atoms with Crippen molar-refractivity contribution >= 4 is 29.7 Å². The van der Waals surface area contributed by atoms with E-state index in [4.69, 9.17) is 4.74 Å². The Kier molecular flexibility index (Phi) is 6.54. The van der Waals surface area contributed by atoms with Gasteiger partial charge in [0.25, 0.3) is 0 Å². The van der Waals surface area contributed by atoms with Crippen LogP contribution in [0.4, 0.5) is 4.79 Å². The third kappa shape index (κ3) is 4.63. The molecule has 0 bridgehead atoms. The maximum absolute atomic E-state index is 12.3. The molecule has 2 unspecified atom stereocenters. The van der Waals surface area contributed by atoms with Crippen molar-refractivity contribution in [2.45, 2.75) is 50.8 Å². The van der Waals surface area contributed by atoms with Crippen LogP contribution in [0.2, 0.25) is 0 Å². The molecule has 1 aliphatic carbocycles. The van der Waals surface area contributed by atoms with E-state index in [1.54, 1.807) is 18.7 Å². The van der Waals surface area contributed by atoms with E-state index in [0.717, 1.165) is 31.4 Å². The van der Waals surface area contributed by atoms with E-state index in [9.17, 15) is 14.4 Å². The van der Waals surface area contributed by atoms with E-state index in [-0.39, 0.29) is 35.6 Å². The molecule has 3 amide bonds. The molecular weight excluding hydrogens is 304 g/mol. The normalized spacial score (nSPS) is 25.5. The quantitative estimate of drug-likeness (QED) is 0.825. The molecule has 1 saturated carbocycles. The van der Waals surface area contributed by atoms with E-state index >= 15 is 0 Å². The molecular formula is C15H24N2O4S. The summed E-state index contributed by atoms with van der Waals surface area (Å²) >= 11 is 1.57. The third-order valence-corrected chi connectivity index (χ3v) is 5.47. The van der Waals surface area contributed by atoms with Gasteiger partial charge in [0, 0.05) is 5.92 Å². The van der Waals surface area contributed by atoms with Crippen LogP contribution in [-0.2, 0) is 14.3 Å². The van der Waals surface area contributed by atoms with Crippen molar-refractivity contribution in [3.05, 3.63) is 0 Å². The second-order valence-electron chi connectivity index (χ2n) is 5.74. The summed E-state index contributed by atoms with van der Waals surface area (Å²) in [5.41, 5.74) is 0. The summed E-state index contributed by atoms with van der Waals surface area (Å²) in [6, 6.07) is 0. The fourth-order valence-electron chi connectivity index (χ4n) is 2.98. The summed E-state index contributed by atoms with van der Waals surface area (Å²) in [6.07, 6.45) is 5.21. The fraction of sp³-hybridized carbons (Fsp3) is 0.800. The Balaban J connectivity index is 1.85. The summed E-state index contributed by atoms with van der Waals surface area (Å²) in [7, 11) is 0. The molecule has 0 aromatic carbocycles. The summed E-state index contributed by atoms with van der Waals surface area (Å²) in [6.45, 7) is 1.91. The maximum atomic E-state index is 12.3. The van der Waals surface area contributed by atoms with E-state index in [2.05, 4.69) is 10.6 Å². The highest BCUT2D eigenvalue weighted by Crippen LogP contribution is 2.32. The van der Waals surface area contributed by atoms with Crippen LogP contribution in [0.25, 0.3) is 0 Å². The Morgan fingerprint density at radius 1 is 1.09 bits per heavy atom. The first-order valence-electron chi connectivity index (χ1n) is 8.01. The number of carbonyl (C=O) groups is 3. The lowest BCUT2D eigenvalue weighted by atomic mass is 9.88. The Morgan fingerprint density at radius 3 is 2.50 bits per heavy atom. The Bertz CT molecular complexity index is 424. The number of thioether (sulfide) groups is 1. The molecule has 7 heteroatoms. The van der Waals surface area contributed by atoms with Crippen LogP contribution >= 0.6 is 11.8 Å². The Hall–Kier alpha value is -1.24. The molecule has 2 N–H and O–H groups in total. The van der Waals surface area contributed by atoms with Crippen molar-refractivity contribution in [2.75, 3.05) is 12.4 Å². The average molecular weight is 328 g/mol. The number of amides is 3. The summed E-state index contributed by atoms with van der Waals surface area (Å²) < 4.78 is 4.72. The van der Waals surface area contributed by atoms with E-state index in [1.807, 2.05) is 0 Å². The van der Waals surface area contributed by atoms with Crippen LogP contribution in [-0.4, -0.2) is 35.6 Å². The highest BCUT2D eigenvalue weighted by atomic mass is 32.2. The van der Waals surface area contributed by atoms with Crippen molar-refractivity contribution in [1.29, 1.82) is 0 Å². The SMILES string of the molecule is CCOC(=O)NC(=O)C1CCSC1NC(=O)C1CCCCC1. The monoisotopic (exact) mass is 328 g/mol. The minimum absolute atomic E-state index is 0.0491. The highest BCUT2D eigenvalue weighted by molar-refractivity contribution is 8.00. The van der Waals surface area contributed by atoms with Gasteiger partial charge in [0.15, 0.2) is 0 Å². The fourth-order valence-corrected chi connectivity index (χ4v) is 4.32. The molecule has 0 radical (unpaired) electrons. The van der Waals surface area contributed by atoms with Crippen LogP contribution in [0.3, 0.4) is 0 Å². The van der Waals surface area contributed by atoms with E-state index < -0.39 is 6.09 Å². The molecule has 2 aliphatic rings. The molecule has 6 nitrogen and oxygen atoms in total. The summed E-state index contributed by atoms with van der Waals surface area (Å²) in [5, 5.41) is 4.99. The topological polar surface area (TPSA) is 84.5 Å². The van der Waals surface area contributed by atoms with Crippen molar-refractivity contribution in [3.63, 3.8) is 0 Å². The number of rotatable bonds is 4. The number of hydrogen-bond acceptors (Lipinski definition) is 5. The zero-order chi connectivity index (χ0) is 15.9. The third-order valence-electron chi connectivity index (χ3n) is 4.19. The van der Waals surface area contributed by atoms with E-state index in [0.29, 0.717) is 6.42 Å². The van der Waals surface area contributed by atoms with E-state index in [1.165, 1.54) is 6.42 Å². The first kappa shape index (κ1) is 17.1. The molecule has 0 aromatic rings. The van der Waals surface area contributed by atoms with Crippen molar-refractivity contribution in [1.82, 2.24) is 10.6 Å². The predicted molar refractivity (Wildman–Crippen MR) is 84.2 cm³/mol. The van der Waals surface area contributed by atoms with Crippen LogP contribution in [0, 0.1) is 11.8 Å². The van der Waals surface area contributed by atoms with Crippen LogP contribution in [0.1, 0.15) is 45.4 Å². The van der Waals surface area contributed by atoms with Gasteiger partial charge >= 0.3 is 6.09 Å². The number of ether oxygens (including phenoxy) is 1. The lowest BCUT2D eigenvalue weighted by Crippen LogP contribution is -2.46. The Labute approximate surface area is 135 Å². The molecule has 2 atom stereocenters. The lowest BCUT2D eigenvalue weighted by Gasteiger charge is -2.25. The number of hydrogen-bond donors (Lipinski definition) is 2. The minimum Gasteiger partial charge on any atom is -0.450 e. The van der Waals surface area contributed by atoms with Crippen molar-refractivity contribution in [3.8, 4) is 0 Å². The number of imide groups is 1. The number of carbonyl (C=O) groups excluding carboxylic acids is 3. The number of nitrogens with one attached hydrogen (secondary N) is 2. The van der Waals surface area contributed by atoms with Gasteiger partial charge in [0.1, 0.15) is 0 Å². The highest BCUT2D eigenvalue weighted by Gasteiger charge is 2.36.